The maximum Gasteiger partial charge on any atom is 0.0941 e. The minimum Gasteiger partial charge on any atom is -0.257 e. The molecule has 14 heavy (non-hydrogen) atoms. The van der Waals surface area contributed by atoms with E-state index in [1.165, 1.54) is 0 Å². The summed E-state index contributed by atoms with van der Waals surface area (Å²) in [6.45, 7) is 3.69. The van der Waals surface area contributed by atoms with Crippen molar-refractivity contribution < 1.29 is 0 Å². The van der Waals surface area contributed by atoms with Gasteiger partial charge in [0.15, 0.2) is 0 Å². The molecule has 0 aliphatic carbocycles. The Bertz CT molecular complexity index is 417. The molecule has 0 bridgehead atoms. The first kappa shape index (κ1) is 8.69. The maximum absolute atomic E-state index is 4.01. The van der Waals surface area contributed by atoms with Crippen LogP contribution < -0.4 is 0 Å². The summed E-state index contributed by atoms with van der Waals surface area (Å²) in [5.41, 5.74) is 3.02. The largest absolute Gasteiger partial charge is 0.257 e. The average molecular weight is 185 g/mol. The number of H-pyrrole nitrogens is 1. The van der Waals surface area contributed by atoms with E-state index in [0.29, 0.717) is 0 Å². The molecule has 2 rings (SSSR count). The molecule has 70 valence electrons. The number of nitrogens with zero attached hydrogens (tertiary/aromatic N) is 2. The number of hydrogen-bond acceptors (Lipinski definition) is 2. The topological polar surface area (TPSA) is 41.6 Å². The SMILES string of the molecule is C=CCc1nn[nH]c1-c1ccccc1. The van der Waals surface area contributed by atoms with Crippen molar-refractivity contribution in [3.05, 3.63) is 48.7 Å². The number of nitrogens with one attached hydrogen (secondary N) is 1. The fourth-order valence-electron chi connectivity index (χ4n) is 1.37. The van der Waals surface area contributed by atoms with E-state index >= 15 is 0 Å². The summed E-state index contributed by atoms with van der Waals surface area (Å²) in [6, 6.07) is 10.0. The van der Waals surface area contributed by atoms with Gasteiger partial charge in [-0.2, -0.15) is 0 Å². The van der Waals surface area contributed by atoms with Gasteiger partial charge in [-0.3, -0.25) is 5.10 Å². The van der Waals surface area contributed by atoms with Gasteiger partial charge < -0.3 is 0 Å². The van der Waals surface area contributed by atoms with Gasteiger partial charge in [-0.1, -0.05) is 41.6 Å². The monoisotopic (exact) mass is 185 g/mol. The zero-order valence-electron chi connectivity index (χ0n) is 7.77. The summed E-state index contributed by atoms with van der Waals surface area (Å²) in [5.74, 6) is 0. The molecule has 0 unspecified atom stereocenters. The van der Waals surface area contributed by atoms with Crippen molar-refractivity contribution >= 4 is 0 Å². The molecule has 0 atom stereocenters. The minimum atomic E-state index is 0.737. The van der Waals surface area contributed by atoms with E-state index in [9.17, 15) is 0 Å². The summed E-state index contributed by atoms with van der Waals surface area (Å²) in [5, 5.41) is 10.7. The summed E-state index contributed by atoms with van der Waals surface area (Å²) in [6.07, 6.45) is 2.56. The predicted molar refractivity (Wildman–Crippen MR) is 55.7 cm³/mol. The van der Waals surface area contributed by atoms with Crippen LogP contribution in [-0.4, -0.2) is 15.4 Å². The molecule has 1 aromatic heterocycles. The molecule has 1 N–H and O–H groups in total. The van der Waals surface area contributed by atoms with Gasteiger partial charge >= 0.3 is 0 Å². The Morgan fingerprint density at radius 2 is 2.07 bits per heavy atom. The van der Waals surface area contributed by atoms with Crippen molar-refractivity contribution in [1.29, 1.82) is 0 Å². The lowest BCUT2D eigenvalue weighted by molar-refractivity contribution is 0.920. The van der Waals surface area contributed by atoms with Crippen molar-refractivity contribution in [3.63, 3.8) is 0 Å². The smallest absolute Gasteiger partial charge is 0.0941 e. The fourth-order valence-corrected chi connectivity index (χ4v) is 1.37. The van der Waals surface area contributed by atoms with Crippen LogP contribution in [0.4, 0.5) is 0 Å². The lowest BCUT2D eigenvalue weighted by Gasteiger charge is -1.98. The lowest BCUT2D eigenvalue weighted by Crippen LogP contribution is -1.86. The van der Waals surface area contributed by atoms with E-state index in [-0.39, 0.29) is 0 Å². The third-order valence-corrected chi connectivity index (χ3v) is 2.02. The molecule has 0 radical (unpaired) electrons. The van der Waals surface area contributed by atoms with Gasteiger partial charge in [0.25, 0.3) is 0 Å². The van der Waals surface area contributed by atoms with Gasteiger partial charge in [0, 0.05) is 12.0 Å². The van der Waals surface area contributed by atoms with Crippen molar-refractivity contribution in [2.45, 2.75) is 6.42 Å². The first-order chi connectivity index (χ1) is 6.92. The van der Waals surface area contributed by atoms with Crippen LogP contribution in [0.2, 0.25) is 0 Å². The van der Waals surface area contributed by atoms with Gasteiger partial charge in [-0.05, 0) is 0 Å². The number of aromatic amines is 1. The number of benzene rings is 1. The van der Waals surface area contributed by atoms with Crippen molar-refractivity contribution in [2.75, 3.05) is 0 Å². The average Bonchev–Trinajstić information content (AvgIpc) is 2.68. The maximum atomic E-state index is 4.01. The van der Waals surface area contributed by atoms with Crippen molar-refractivity contribution in [3.8, 4) is 11.3 Å². The van der Waals surface area contributed by atoms with Crippen LogP contribution in [0.1, 0.15) is 5.69 Å². The highest BCUT2D eigenvalue weighted by atomic mass is 15.3. The fraction of sp³-hybridized carbons (Fsp3) is 0.0909. The van der Waals surface area contributed by atoms with E-state index in [1.54, 1.807) is 0 Å². The molecule has 1 heterocycles. The summed E-state index contributed by atoms with van der Waals surface area (Å²) in [7, 11) is 0. The number of rotatable bonds is 3. The molecule has 3 heteroatoms. The number of aromatic nitrogens is 3. The molecule has 0 amide bonds. The zero-order valence-corrected chi connectivity index (χ0v) is 7.77. The lowest BCUT2D eigenvalue weighted by atomic mass is 10.1. The van der Waals surface area contributed by atoms with Crippen LogP contribution in [-0.2, 0) is 6.42 Å². The second-order valence-corrected chi connectivity index (χ2v) is 2.99. The van der Waals surface area contributed by atoms with E-state index in [2.05, 4.69) is 22.0 Å². The van der Waals surface area contributed by atoms with Crippen LogP contribution in [0, 0.1) is 0 Å². The molecule has 3 nitrogen and oxygen atoms in total. The van der Waals surface area contributed by atoms with Gasteiger partial charge in [-0.25, -0.2) is 0 Å². The Labute approximate surface area is 82.5 Å². The number of allylic oxidation sites excluding steroid dienone is 1. The van der Waals surface area contributed by atoms with Crippen molar-refractivity contribution in [2.24, 2.45) is 0 Å². The Hall–Kier alpha value is -1.90. The molecule has 1 aromatic carbocycles. The Balaban J connectivity index is 2.41. The highest BCUT2D eigenvalue weighted by Crippen LogP contribution is 2.19. The quantitative estimate of drug-likeness (QED) is 0.745. The standard InChI is InChI=1S/C11H11N3/c1-2-6-10-11(13-14-12-10)9-7-4-3-5-8-9/h2-5,7-8H,1,6H2,(H,12,13,14). The Kier molecular flexibility index (Phi) is 2.40. The van der Waals surface area contributed by atoms with Crippen LogP contribution in [0.25, 0.3) is 11.3 Å². The predicted octanol–water partition coefficient (Wildman–Crippen LogP) is 2.20. The van der Waals surface area contributed by atoms with Crippen LogP contribution in [0.15, 0.2) is 43.0 Å². The van der Waals surface area contributed by atoms with E-state index in [1.807, 2.05) is 36.4 Å². The third kappa shape index (κ3) is 1.57. The molecule has 0 saturated heterocycles. The normalized spacial score (nSPS) is 10.0. The highest BCUT2D eigenvalue weighted by molar-refractivity contribution is 5.60. The third-order valence-electron chi connectivity index (χ3n) is 2.02. The number of hydrogen-bond donors (Lipinski definition) is 1. The summed E-state index contributed by atoms with van der Waals surface area (Å²) >= 11 is 0. The molecule has 0 spiro atoms. The van der Waals surface area contributed by atoms with E-state index in [0.717, 1.165) is 23.4 Å². The second kappa shape index (κ2) is 3.87. The zero-order chi connectivity index (χ0) is 9.80. The van der Waals surface area contributed by atoms with E-state index in [4.69, 9.17) is 0 Å². The van der Waals surface area contributed by atoms with Crippen LogP contribution >= 0.6 is 0 Å². The van der Waals surface area contributed by atoms with Gasteiger partial charge in [0.05, 0.1) is 11.4 Å². The summed E-state index contributed by atoms with van der Waals surface area (Å²) in [4.78, 5) is 0. The minimum absolute atomic E-state index is 0.737. The molecule has 0 fully saturated rings. The molecular formula is C11H11N3. The summed E-state index contributed by atoms with van der Waals surface area (Å²) < 4.78 is 0. The molecule has 0 saturated carbocycles. The van der Waals surface area contributed by atoms with Gasteiger partial charge in [0.2, 0.25) is 0 Å². The molecule has 2 aromatic rings. The van der Waals surface area contributed by atoms with Gasteiger partial charge in [-0.15, -0.1) is 11.7 Å². The molecule has 0 aliphatic heterocycles. The Morgan fingerprint density at radius 1 is 1.29 bits per heavy atom. The molecule has 0 aliphatic rings. The van der Waals surface area contributed by atoms with Gasteiger partial charge in [0.1, 0.15) is 0 Å². The first-order valence-corrected chi connectivity index (χ1v) is 4.48. The highest BCUT2D eigenvalue weighted by Gasteiger charge is 2.06. The molecular weight excluding hydrogens is 174 g/mol. The first-order valence-electron chi connectivity index (χ1n) is 4.48. The Morgan fingerprint density at radius 3 is 2.79 bits per heavy atom. The van der Waals surface area contributed by atoms with Crippen molar-refractivity contribution in [1.82, 2.24) is 15.4 Å². The van der Waals surface area contributed by atoms with Crippen LogP contribution in [0.5, 0.6) is 0 Å². The van der Waals surface area contributed by atoms with Crippen LogP contribution in [0.3, 0.4) is 0 Å². The second-order valence-electron chi connectivity index (χ2n) is 2.99. The van der Waals surface area contributed by atoms with E-state index < -0.39 is 0 Å².